The minimum absolute atomic E-state index is 0.343. The number of nitrogens with one attached hydrogen (secondary N) is 1. The van der Waals surface area contributed by atoms with E-state index in [-0.39, 0.29) is 0 Å². The van der Waals surface area contributed by atoms with Crippen molar-refractivity contribution in [2.75, 3.05) is 7.05 Å². The maximum absolute atomic E-state index is 4.46. The fourth-order valence-electron chi connectivity index (χ4n) is 1.98. The monoisotopic (exact) mass is 270 g/mol. The van der Waals surface area contributed by atoms with Crippen molar-refractivity contribution in [1.82, 2.24) is 10.3 Å². The Labute approximate surface area is 101 Å². The van der Waals surface area contributed by atoms with Gasteiger partial charge in [0.15, 0.2) is 0 Å². The lowest BCUT2D eigenvalue weighted by Gasteiger charge is -2.25. The zero-order chi connectivity index (χ0) is 11.3. The maximum Gasteiger partial charge on any atom is 0.0717 e. The lowest BCUT2D eigenvalue weighted by atomic mass is 9.91. The lowest BCUT2D eigenvalue weighted by Crippen LogP contribution is -2.25. The Kier molecular flexibility index (Phi) is 5.26. The first kappa shape index (κ1) is 12.7. The molecule has 0 fully saturated rings. The molecule has 0 aliphatic rings. The normalized spacial score (nSPS) is 13.1. The molecule has 15 heavy (non-hydrogen) atoms. The standard InChI is InChI=1S/C12H19BrN2/c1-4-9(5-2)11(14-3)12-10(13)7-6-8-15-12/h6-9,11,14H,4-5H2,1-3H3. The molecule has 1 unspecified atom stereocenters. The highest BCUT2D eigenvalue weighted by Gasteiger charge is 2.21. The average molecular weight is 271 g/mol. The van der Waals surface area contributed by atoms with E-state index < -0.39 is 0 Å². The predicted molar refractivity (Wildman–Crippen MR) is 67.8 cm³/mol. The molecule has 1 aromatic heterocycles. The minimum Gasteiger partial charge on any atom is -0.311 e. The smallest absolute Gasteiger partial charge is 0.0717 e. The second kappa shape index (κ2) is 6.23. The molecule has 0 bridgehead atoms. The van der Waals surface area contributed by atoms with Crippen LogP contribution in [-0.2, 0) is 0 Å². The van der Waals surface area contributed by atoms with E-state index in [1.807, 2.05) is 19.3 Å². The van der Waals surface area contributed by atoms with Crippen molar-refractivity contribution in [2.24, 2.45) is 5.92 Å². The molecule has 1 N–H and O–H groups in total. The van der Waals surface area contributed by atoms with E-state index in [1.165, 1.54) is 12.8 Å². The third-order valence-electron chi connectivity index (χ3n) is 2.91. The molecule has 0 radical (unpaired) electrons. The van der Waals surface area contributed by atoms with E-state index in [2.05, 4.69) is 46.1 Å². The van der Waals surface area contributed by atoms with E-state index in [0.29, 0.717) is 12.0 Å². The van der Waals surface area contributed by atoms with E-state index in [0.717, 1.165) is 10.2 Å². The zero-order valence-electron chi connectivity index (χ0n) is 9.63. The first-order valence-electron chi connectivity index (χ1n) is 5.52. The van der Waals surface area contributed by atoms with Crippen LogP contribution in [0.2, 0.25) is 0 Å². The van der Waals surface area contributed by atoms with Gasteiger partial charge in [-0.25, -0.2) is 0 Å². The summed E-state index contributed by atoms with van der Waals surface area (Å²) in [4.78, 5) is 4.46. The third kappa shape index (κ3) is 3.02. The van der Waals surface area contributed by atoms with Crippen molar-refractivity contribution >= 4 is 15.9 Å². The highest BCUT2D eigenvalue weighted by atomic mass is 79.9. The van der Waals surface area contributed by atoms with Crippen LogP contribution in [0.1, 0.15) is 38.4 Å². The van der Waals surface area contributed by atoms with E-state index in [9.17, 15) is 0 Å². The van der Waals surface area contributed by atoms with Crippen molar-refractivity contribution in [1.29, 1.82) is 0 Å². The Morgan fingerprint density at radius 1 is 1.40 bits per heavy atom. The Morgan fingerprint density at radius 3 is 2.53 bits per heavy atom. The summed E-state index contributed by atoms with van der Waals surface area (Å²) in [6.07, 6.45) is 4.20. The van der Waals surface area contributed by atoms with Crippen LogP contribution in [-0.4, -0.2) is 12.0 Å². The van der Waals surface area contributed by atoms with Crippen molar-refractivity contribution in [3.63, 3.8) is 0 Å². The third-order valence-corrected chi connectivity index (χ3v) is 3.58. The van der Waals surface area contributed by atoms with Gasteiger partial charge in [-0.15, -0.1) is 0 Å². The van der Waals surface area contributed by atoms with Crippen LogP contribution in [0.3, 0.4) is 0 Å². The van der Waals surface area contributed by atoms with Crippen LogP contribution < -0.4 is 5.32 Å². The van der Waals surface area contributed by atoms with Gasteiger partial charge in [-0.3, -0.25) is 4.98 Å². The van der Waals surface area contributed by atoms with Gasteiger partial charge >= 0.3 is 0 Å². The summed E-state index contributed by atoms with van der Waals surface area (Å²) in [7, 11) is 2.00. The molecule has 0 amide bonds. The molecular weight excluding hydrogens is 252 g/mol. The molecule has 1 rings (SSSR count). The van der Waals surface area contributed by atoms with Gasteiger partial charge in [0.25, 0.3) is 0 Å². The summed E-state index contributed by atoms with van der Waals surface area (Å²) in [5, 5.41) is 3.37. The quantitative estimate of drug-likeness (QED) is 0.886. The minimum atomic E-state index is 0.343. The molecule has 0 spiro atoms. The van der Waals surface area contributed by atoms with Gasteiger partial charge in [-0.1, -0.05) is 26.7 Å². The molecule has 0 saturated carbocycles. The molecule has 1 aromatic rings. The summed E-state index contributed by atoms with van der Waals surface area (Å²) in [5.41, 5.74) is 1.12. The molecule has 3 heteroatoms. The Balaban J connectivity index is 2.96. The zero-order valence-corrected chi connectivity index (χ0v) is 11.2. The topological polar surface area (TPSA) is 24.9 Å². The maximum atomic E-state index is 4.46. The molecule has 84 valence electrons. The number of halogens is 1. The molecule has 0 aromatic carbocycles. The average Bonchev–Trinajstić information content (AvgIpc) is 2.27. The van der Waals surface area contributed by atoms with Crippen LogP contribution in [0.15, 0.2) is 22.8 Å². The van der Waals surface area contributed by atoms with Gasteiger partial charge in [-0.05, 0) is 41.0 Å². The molecule has 1 heterocycles. The summed E-state index contributed by atoms with van der Waals surface area (Å²) in [6.45, 7) is 4.46. The van der Waals surface area contributed by atoms with E-state index in [1.54, 1.807) is 0 Å². The van der Waals surface area contributed by atoms with Crippen molar-refractivity contribution < 1.29 is 0 Å². The van der Waals surface area contributed by atoms with Crippen LogP contribution in [0.5, 0.6) is 0 Å². The van der Waals surface area contributed by atoms with Gasteiger partial charge < -0.3 is 5.32 Å². The molecule has 1 atom stereocenters. The lowest BCUT2D eigenvalue weighted by molar-refractivity contribution is 0.352. The van der Waals surface area contributed by atoms with E-state index in [4.69, 9.17) is 0 Å². The second-order valence-electron chi connectivity index (χ2n) is 3.71. The second-order valence-corrected chi connectivity index (χ2v) is 4.57. The van der Waals surface area contributed by atoms with Gasteiger partial charge in [0.1, 0.15) is 0 Å². The number of hydrogen-bond acceptors (Lipinski definition) is 2. The first-order valence-corrected chi connectivity index (χ1v) is 6.31. The van der Waals surface area contributed by atoms with Crippen LogP contribution >= 0.6 is 15.9 Å². The number of hydrogen-bond donors (Lipinski definition) is 1. The first-order chi connectivity index (χ1) is 7.24. The molecular formula is C12H19BrN2. The highest BCUT2D eigenvalue weighted by Crippen LogP contribution is 2.29. The van der Waals surface area contributed by atoms with Gasteiger partial charge in [-0.2, -0.15) is 0 Å². The molecule has 0 aliphatic heterocycles. The van der Waals surface area contributed by atoms with Gasteiger partial charge in [0, 0.05) is 10.7 Å². The Morgan fingerprint density at radius 2 is 2.07 bits per heavy atom. The SMILES string of the molecule is CCC(CC)C(NC)c1ncccc1Br. The number of nitrogens with zero attached hydrogens (tertiary/aromatic N) is 1. The molecule has 0 aliphatic carbocycles. The largest absolute Gasteiger partial charge is 0.311 e. The number of rotatable bonds is 5. The fourth-order valence-corrected chi connectivity index (χ4v) is 2.48. The van der Waals surface area contributed by atoms with Gasteiger partial charge in [0.05, 0.1) is 11.7 Å². The number of pyridine rings is 1. The Hall–Kier alpha value is -0.410. The van der Waals surface area contributed by atoms with Crippen molar-refractivity contribution in [3.05, 3.63) is 28.5 Å². The Bertz CT molecular complexity index is 297. The fraction of sp³-hybridized carbons (Fsp3) is 0.583. The summed E-state index contributed by atoms with van der Waals surface area (Å²) in [5.74, 6) is 0.640. The van der Waals surface area contributed by atoms with Crippen LogP contribution in [0, 0.1) is 5.92 Å². The number of aromatic nitrogens is 1. The highest BCUT2D eigenvalue weighted by molar-refractivity contribution is 9.10. The molecule has 2 nitrogen and oxygen atoms in total. The van der Waals surface area contributed by atoms with Crippen LogP contribution in [0.4, 0.5) is 0 Å². The summed E-state index contributed by atoms with van der Waals surface area (Å²) >= 11 is 3.56. The molecule has 0 saturated heterocycles. The summed E-state index contributed by atoms with van der Waals surface area (Å²) in [6, 6.07) is 4.35. The van der Waals surface area contributed by atoms with Gasteiger partial charge in [0.2, 0.25) is 0 Å². The summed E-state index contributed by atoms with van der Waals surface area (Å²) < 4.78 is 1.09. The predicted octanol–water partition coefficient (Wildman–Crippen LogP) is 3.54. The van der Waals surface area contributed by atoms with Crippen molar-refractivity contribution in [3.8, 4) is 0 Å². The van der Waals surface area contributed by atoms with Crippen LogP contribution in [0.25, 0.3) is 0 Å². The van der Waals surface area contributed by atoms with E-state index >= 15 is 0 Å². The van der Waals surface area contributed by atoms with Crippen molar-refractivity contribution in [2.45, 2.75) is 32.7 Å².